The van der Waals surface area contributed by atoms with E-state index in [2.05, 4.69) is 5.32 Å². The number of carbonyl (C=O) groups excluding carboxylic acids is 8. The molecule has 1 aliphatic heterocycles. The third kappa shape index (κ3) is 9.70. The van der Waals surface area contributed by atoms with Crippen molar-refractivity contribution in [3.05, 3.63) is 70.0 Å². The van der Waals surface area contributed by atoms with Crippen LogP contribution in [0, 0.1) is 30.6 Å². The molecule has 0 saturated heterocycles. The summed E-state index contributed by atoms with van der Waals surface area (Å²) in [5.41, 5.74) is -1.73. The van der Waals surface area contributed by atoms with Crippen molar-refractivity contribution in [2.75, 3.05) is 0 Å². The van der Waals surface area contributed by atoms with Crippen molar-refractivity contribution in [2.24, 2.45) is 23.7 Å². The van der Waals surface area contributed by atoms with E-state index in [4.69, 9.17) is 18.9 Å². The highest BCUT2D eigenvalue weighted by Gasteiger charge is 2.49. The van der Waals surface area contributed by atoms with E-state index in [1.54, 1.807) is 39.8 Å². The van der Waals surface area contributed by atoms with Crippen LogP contribution in [0.2, 0.25) is 0 Å². The number of phenolic OH excluding ortho intramolecular Hbond substituents is 1. The molecule has 0 aromatic heterocycles. The number of nitrogens with one attached hydrogen (secondary N) is 1. The van der Waals surface area contributed by atoms with Crippen molar-refractivity contribution in [3.63, 3.8) is 0 Å². The van der Waals surface area contributed by atoms with Gasteiger partial charge in [0.1, 0.15) is 36.1 Å². The SMILES string of the molecule is CC(=O)OC(C(C)/C=C/C=O)C(C)C(OC(C)=O)C(C)C(OC(C)=O)C(C)/C=C/C=C(/C)C(=O)NC1=CC(=O)c2c(c(O)c(C)c3c2C(=O)C(C)(O)O3)C1=O. The molecule has 1 amide bonds. The van der Waals surface area contributed by atoms with Crippen LogP contribution in [0.5, 0.6) is 11.5 Å². The average molecular weight is 766 g/mol. The molecule has 2 aliphatic rings. The number of Topliss-reactive ketones (excluding diaryl/α,β-unsaturated/α-hetero) is 2. The molecule has 0 fully saturated rings. The minimum absolute atomic E-state index is 0.0514. The van der Waals surface area contributed by atoms with Crippen molar-refractivity contribution in [1.29, 1.82) is 0 Å². The Morgan fingerprint density at radius 1 is 0.800 bits per heavy atom. The summed E-state index contributed by atoms with van der Waals surface area (Å²) in [5.74, 6) is -10.9. The topological polar surface area (TPSA) is 226 Å². The molecular formula is C40H47NO14. The number of esters is 3. The number of amides is 1. The number of aldehydes is 1. The predicted octanol–water partition coefficient (Wildman–Crippen LogP) is 3.96. The second kappa shape index (κ2) is 17.6. The molecule has 8 unspecified atom stereocenters. The van der Waals surface area contributed by atoms with E-state index in [9.17, 15) is 48.6 Å². The van der Waals surface area contributed by atoms with Gasteiger partial charge in [0, 0.05) is 68.6 Å². The summed E-state index contributed by atoms with van der Waals surface area (Å²) in [6.45, 7) is 14.4. The molecule has 1 aromatic rings. The highest BCUT2D eigenvalue weighted by molar-refractivity contribution is 6.30. The van der Waals surface area contributed by atoms with Gasteiger partial charge in [0.2, 0.25) is 11.6 Å². The number of hydrogen-bond acceptors (Lipinski definition) is 14. The highest BCUT2D eigenvalue weighted by Crippen LogP contribution is 2.46. The van der Waals surface area contributed by atoms with E-state index >= 15 is 0 Å². The first-order chi connectivity index (χ1) is 25.5. The number of phenols is 1. The number of allylic oxidation sites excluding steroid dienone is 5. The Hall–Kier alpha value is -5.70. The van der Waals surface area contributed by atoms with Crippen LogP contribution in [0.15, 0.2) is 47.7 Å². The van der Waals surface area contributed by atoms with Gasteiger partial charge in [0.25, 0.3) is 11.7 Å². The van der Waals surface area contributed by atoms with Crippen LogP contribution in [0.1, 0.15) is 99.0 Å². The normalized spacial score (nSPS) is 20.6. The fraction of sp³-hybridized carbons (Fsp3) is 0.450. The van der Waals surface area contributed by atoms with Crippen LogP contribution in [0.4, 0.5) is 0 Å². The zero-order chi connectivity index (χ0) is 41.7. The summed E-state index contributed by atoms with van der Waals surface area (Å²) < 4.78 is 22.3. The molecule has 1 heterocycles. The summed E-state index contributed by atoms with van der Waals surface area (Å²) in [5, 5.41) is 23.6. The Kier molecular flexibility index (Phi) is 14.0. The number of rotatable bonds is 15. The lowest BCUT2D eigenvalue weighted by molar-refractivity contribution is -0.172. The van der Waals surface area contributed by atoms with Gasteiger partial charge >= 0.3 is 17.9 Å². The molecule has 3 N–H and O–H groups in total. The van der Waals surface area contributed by atoms with Gasteiger partial charge in [-0.25, -0.2) is 0 Å². The standard InChI is InChI=1S/C40H47NO14/c1-18(34(52-24(7)43)22(5)36(54-26(9)45)23(6)35(53-25(8)44)19(2)15-12-16-42)13-11-14-20(3)39(50)41-27-17-28(46)29-30(33(27)48)32(47)21(4)37-31(29)38(49)40(10,51)55-37/h11-19,22-23,34-36,47,51H,1-10H3,(H,41,50)/b13-11+,15-12+,20-14-. The van der Waals surface area contributed by atoms with Crippen molar-refractivity contribution in [1.82, 2.24) is 5.32 Å². The minimum Gasteiger partial charge on any atom is -0.507 e. The Morgan fingerprint density at radius 2 is 1.29 bits per heavy atom. The number of carbonyl (C=O) groups is 8. The van der Waals surface area contributed by atoms with Crippen LogP contribution in [0.3, 0.4) is 0 Å². The lowest BCUT2D eigenvalue weighted by Gasteiger charge is -2.39. The molecule has 8 atom stereocenters. The van der Waals surface area contributed by atoms with Crippen LogP contribution < -0.4 is 10.1 Å². The van der Waals surface area contributed by atoms with E-state index in [0.717, 1.165) is 13.0 Å². The van der Waals surface area contributed by atoms with E-state index in [0.29, 0.717) is 6.29 Å². The van der Waals surface area contributed by atoms with Crippen molar-refractivity contribution >= 4 is 47.5 Å². The Balaban J connectivity index is 1.87. The molecule has 15 nitrogen and oxygen atoms in total. The maximum atomic E-state index is 13.5. The molecule has 0 saturated carbocycles. The van der Waals surface area contributed by atoms with Crippen LogP contribution in [-0.2, 0) is 38.2 Å². The lowest BCUT2D eigenvalue weighted by Crippen LogP contribution is -2.47. The largest absolute Gasteiger partial charge is 0.507 e. The maximum absolute atomic E-state index is 13.5. The van der Waals surface area contributed by atoms with Crippen molar-refractivity contribution in [2.45, 2.75) is 93.3 Å². The average Bonchev–Trinajstić information content (AvgIpc) is 3.34. The quantitative estimate of drug-likeness (QED) is 0.0756. The minimum atomic E-state index is -2.31. The van der Waals surface area contributed by atoms with Gasteiger partial charge in [0.05, 0.1) is 22.4 Å². The molecule has 0 bridgehead atoms. The number of hydrogen-bond donors (Lipinski definition) is 3. The molecule has 3 rings (SSSR count). The summed E-state index contributed by atoms with van der Waals surface area (Å²) in [4.78, 5) is 100. The number of aromatic hydroxyl groups is 1. The molecule has 1 aliphatic carbocycles. The molecule has 0 radical (unpaired) electrons. The molecule has 0 spiro atoms. The van der Waals surface area contributed by atoms with Gasteiger partial charge in [-0.3, -0.25) is 38.4 Å². The number of benzene rings is 1. The summed E-state index contributed by atoms with van der Waals surface area (Å²) in [7, 11) is 0. The molecule has 296 valence electrons. The summed E-state index contributed by atoms with van der Waals surface area (Å²) >= 11 is 0. The molecule has 15 heteroatoms. The fourth-order valence-electron chi connectivity index (χ4n) is 6.77. The van der Waals surface area contributed by atoms with E-state index < -0.39 is 112 Å². The van der Waals surface area contributed by atoms with E-state index in [1.807, 2.05) is 0 Å². The maximum Gasteiger partial charge on any atom is 0.302 e. The van der Waals surface area contributed by atoms with Crippen LogP contribution in [0.25, 0.3) is 0 Å². The van der Waals surface area contributed by atoms with Gasteiger partial charge in [-0.15, -0.1) is 0 Å². The number of ether oxygens (including phenoxy) is 4. The molecule has 1 aromatic carbocycles. The zero-order valence-electron chi connectivity index (χ0n) is 32.4. The molecule has 55 heavy (non-hydrogen) atoms. The Labute approximate surface area is 318 Å². The monoisotopic (exact) mass is 765 g/mol. The molecular weight excluding hydrogens is 718 g/mol. The third-order valence-electron chi connectivity index (χ3n) is 9.48. The summed E-state index contributed by atoms with van der Waals surface area (Å²) in [6, 6.07) is 0. The van der Waals surface area contributed by atoms with E-state index in [1.165, 1.54) is 52.8 Å². The first-order valence-electron chi connectivity index (χ1n) is 17.5. The van der Waals surface area contributed by atoms with Crippen molar-refractivity contribution < 1.29 is 67.5 Å². The lowest BCUT2D eigenvalue weighted by atomic mass is 9.79. The van der Waals surface area contributed by atoms with Crippen molar-refractivity contribution in [3.8, 4) is 11.5 Å². The first-order valence-corrected chi connectivity index (χ1v) is 17.5. The second-order valence-corrected chi connectivity index (χ2v) is 14.0. The highest BCUT2D eigenvalue weighted by atomic mass is 16.6. The van der Waals surface area contributed by atoms with E-state index in [-0.39, 0.29) is 22.4 Å². The van der Waals surface area contributed by atoms with Crippen LogP contribution >= 0.6 is 0 Å². The Morgan fingerprint density at radius 3 is 1.78 bits per heavy atom. The van der Waals surface area contributed by atoms with Gasteiger partial charge in [-0.2, -0.15) is 0 Å². The summed E-state index contributed by atoms with van der Waals surface area (Å²) in [6.07, 6.45) is 6.12. The van der Waals surface area contributed by atoms with Gasteiger partial charge < -0.3 is 34.5 Å². The third-order valence-corrected chi connectivity index (χ3v) is 9.48. The van der Waals surface area contributed by atoms with Gasteiger partial charge in [0.15, 0.2) is 5.78 Å². The number of ketones is 3. The van der Waals surface area contributed by atoms with Gasteiger partial charge in [-0.05, 0) is 19.9 Å². The second-order valence-electron chi connectivity index (χ2n) is 14.0. The predicted molar refractivity (Wildman–Crippen MR) is 195 cm³/mol. The van der Waals surface area contributed by atoms with Gasteiger partial charge in [-0.1, -0.05) is 52.0 Å². The number of fused-ring (bicyclic) bond motifs is 3. The smallest absolute Gasteiger partial charge is 0.302 e. The first kappa shape index (κ1) is 43.7. The number of aliphatic hydroxyl groups is 1. The fourth-order valence-corrected chi connectivity index (χ4v) is 6.77. The van der Waals surface area contributed by atoms with Crippen LogP contribution in [-0.4, -0.2) is 81.8 Å². The Bertz CT molecular complexity index is 1920. The zero-order valence-corrected chi connectivity index (χ0v) is 32.4.